The Morgan fingerprint density at radius 1 is 1.45 bits per heavy atom. The van der Waals surface area contributed by atoms with Crippen LogP contribution in [0.4, 0.5) is 0 Å². The molecule has 4 heteroatoms. The number of carbonyl (C=O) groups is 2. The van der Waals surface area contributed by atoms with E-state index in [9.17, 15) is 9.59 Å². The van der Waals surface area contributed by atoms with E-state index in [0.29, 0.717) is 6.42 Å². The van der Waals surface area contributed by atoms with Crippen molar-refractivity contribution in [2.75, 3.05) is 0 Å². The van der Waals surface area contributed by atoms with Crippen molar-refractivity contribution < 1.29 is 14.7 Å². The second-order valence-corrected chi connectivity index (χ2v) is 1.94. The Morgan fingerprint density at radius 2 is 2.09 bits per heavy atom. The zero-order valence-electron chi connectivity index (χ0n) is 5.96. The van der Waals surface area contributed by atoms with Crippen LogP contribution < -0.4 is 5.32 Å². The molecule has 0 aromatic heterocycles. The monoisotopic (exact) mass is 155 g/mol. The Balaban J connectivity index is 3.33. The minimum atomic E-state index is -0.904. The fraction of sp³-hybridized carbons (Fsp3) is 0.429. The second-order valence-electron chi connectivity index (χ2n) is 1.94. The average Bonchev–Trinajstić information content (AvgIpc) is 1.87. The Bertz CT molecular complexity index is 192. The molecule has 11 heavy (non-hydrogen) atoms. The van der Waals surface area contributed by atoms with Crippen molar-refractivity contribution in [1.82, 2.24) is 5.32 Å². The molecule has 1 amide bonds. The van der Waals surface area contributed by atoms with Gasteiger partial charge in [-0.2, -0.15) is 0 Å². The molecule has 0 atom stereocenters. The third-order valence-electron chi connectivity index (χ3n) is 1.01. The van der Waals surface area contributed by atoms with Gasteiger partial charge in [-0.3, -0.25) is 14.9 Å². The first-order chi connectivity index (χ1) is 5.16. The fourth-order valence-electron chi connectivity index (χ4n) is 0.543. The van der Waals surface area contributed by atoms with Crippen LogP contribution in [0.3, 0.4) is 0 Å². The molecule has 4 nitrogen and oxygen atoms in total. The Hall–Kier alpha value is -1.50. The molecule has 0 aliphatic heterocycles. The molecule has 0 aliphatic carbocycles. The molecule has 2 N–H and O–H groups in total. The Morgan fingerprint density at radius 3 is 2.55 bits per heavy atom. The molecule has 0 aromatic rings. The summed E-state index contributed by atoms with van der Waals surface area (Å²) in [7, 11) is 0. The highest BCUT2D eigenvalue weighted by molar-refractivity contribution is 5.78. The molecule has 0 rings (SSSR count). The van der Waals surface area contributed by atoms with Gasteiger partial charge < -0.3 is 5.11 Å². The molecule has 0 aliphatic rings. The number of amides is 1. The molecule has 0 spiro atoms. The summed E-state index contributed by atoms with van der Waals surface area (Å²) in [6, 6.07) is 1.96. The van der Waals surface area contributed by atoms with E-state index in [1.165, 1.54) is 0 Å². The SMILES string of the molecule is C#CNC(=O)CCCC(=O)O. The molecule has 0 saturated heterocycles. The third kappa shape index (κ3) is 6.38. The van der Waals surface area contributed by atoms with Crippen molar-refractivity contribution in [2.24, 2.45) is 0 Å². The van der Waals surface area contributed by atoms with E-state index in [2.05, 4.69) is 5.32 Å². The van der Waals surface area contributed by atoms with Crippen molar-refractivity contribution in [3.63, 3.8) is 0 Å². The quantitative estimate of drug-likeness (QED) is 0.441. The van der Waals surface area contributed by atoms with Crippen LogP contribution in [0.25, 0.3) is 0 Å². The van der Waals surface area contributed by atoms with Gasteiger partial charge in [0.05, 0.1) is 0 Å². The molecular formula is C7H9NO3. The van der Waals surface area contributed by atoms with E-state index in [-0.39, 0.29) is 18.7 Å². The van der Waals surface area contributed by atoms with E-state index in [1.807, 2.05) is 6.04 Å². The van der Waals surface area contributed by atoms with Crippen molar-refractivity contribution in [3.8, 4) is 12.5 Å². The highest BCUT2D eigenvalue weighted by Crippen LogP contribution is 1.93. The number of rotatable bonds is 4. The van der Waals surface area contributed by atoms with Crippen LogP contribution >= 0.6 is 0 Å². The predicted octanol–water partition coefficient (Wildman–Crippen LogP) is -0.0518. The number of terminal acetylenes is 1. The lowest BCUT2D eigenvalue weighted by molar-refractivity contribution is -0.137. The summed E-state index contributed by atoms with van der Waals surface area (Å²) < 4.78 is 0. The maximum absolute atomic E-state index is 10.6. The number of aliphatic carboxylic acids is 1. The summed E-state index contributed by atoms with van der Waals surface area (Å²) in [5, 5.41) is 10.3. The lowest BCUT2D eigenvalue weighted by Gasteiger charge is -1.94. The molecule has 0 fully saturated rings. The third-order valence-corrected chi connectivity index (χ3v) is 1.01. The molecule has 0 bridgehead atoms. The number of carboxylic acids is 1. The van der Waals surface area contributed by atoms with E-state index in [0.717, 1.165) is 0 Å². The van der Waals surface area contributed by atoms with Crippen molar-refractivity contribution in [2.45, 2.75) is 19.3 Å². The van der Waals surface area contributed by atoms with Crippen LogP contribution in [-0.4, -0.2) is 17.0 Å². The number of hydrogen-bond acceptors (Lipinski definition) is 2. The standard InChI is InChI=1S/C7H9NO3/c1-2-8-6(9)4-3-5-7(10)11/h1H,3-5H2,(H,8,9)(H,10,11). The lowest BCUT2D eigenvalue weighted by Crippen LogP contribution is -2.16. The van der Waals surface area contributed by atoms with Gasteiger partial charge in [-0.25, -0.2) is 0 Å². The van der Waals surface area contributed by atoms with Gasteiger partial charge in [0.15, 0.2) is 0 Å². The zero-order valence-corrected chi connectivity index (χ0v) is 5.96. The van der Waals surface area contributed by atoms with Crippen LogP contribution in [-0.2, 0) is 9.59 Å². The van der Waals surface area contributed by atoms with Crippen LogP contribution in [0.15, 0.2) is 0 Å². The molecule has 0 heterocycles. The van der Waals surface area contributed by atoms with Crippen LogP contribution in [0.2, 0.25) is 0 Å². The summed E-state index contributed by atoms with van der Waals surface area (Å²) in [4.78, 5) is 20.5. The summed E-state index contributed by atoms with van der Waals surface area (Å²) in [5.41, 5.74) is 0. The summed E-state index contributed by atoms with van der Waals surface area (Å²) >= 11 is 0. The van der Waals surface area contributed by atoms with Gasteiger partial charge in [0.2, 0.25) is 5.91 Å². The largest absolute Gasteiger partial charge is 0.481 e. The normalized spacial score (nSPS) is 8.27. The first kappa shape index (κ1) is 9.50. The van der Waals surface area contributed by atoms with Crippen molar-refractivity contribution in [3.05, 3.63) is 0 Å². The topological polar surface area (TPSA) is 66.4 Å². The summed E-state index contributed by atoms with van der Waals surface area (Å²) in [6.45, 7) is 0. The maximum Gasteiger partial charge on any atom is 0.303 e. The molecular weight excluding hydrogens is 146 g/mol. The van der Waals surface area contributed by atoms with Gasteiger partial charge in [0, 0.05) is 18.9 Å². The van der Waals surface area contributed by atoms with Crippen molar-refractivity contribution >= 4 is 11.9 Å². The predicted molar refractivity (Wildman–Crippen MR) is 38.5 cm³/mol. The molecule has 0 radical (unpaired) electrons. The van der Waals surface area contributed by atoms with E-state index >= 15 is 0 Å². The van der Waals surface area contributed by atoms with Gasteiger partial charge in [-0.15, -0.1) is 0 Å². The van der Waals surface area contributed by atoms with E-state index in [1.54, 1.807) is 0 Å². The highest BCUT2D eigenvalue weighted by atomic mass is 16.4. The molecule has 0 unspecified atom stereocenters. The van der Waals surface area contributed by atoms with Gasteiger partial charge in [-0.1, -0.05) is 6.42 Å². The molecule has 60 valence electrons. The fourth-order valence-corrected chi connectivity index (χ4v) is 0.543. The van der Waals surface area contributed by atoms with Gasteiger partial charge in [-0.05, 0) is 6.42 Å². The first-order valence-electron chi connectivity index (χ1n) is 3.13. The minimum Gasteiger partial charge on any atom is -0.481 e. The number of hydrogen-bond donors (Lipinski definition) is 2. The van der Waals surface area contributed by atoms with E-state index in [4.69, 9.17) is 11.5 Å². The van der Waals surface area contributed by atoms with Crippen LogP contribution in [0.5, 0.6) is 0 Å². The number of carboxylic acid groups (broad SMARTS) is 1. The average molecular weight is 155 g/mol. The zero-order chi connectivity index (χ0) is 8.69. The highest BCUT2D eigenvalue weighted by Gasteiger charge is 2.01. The summed E-state index contributed by atoms with van der Waals surface area (Å²) in [6.07, 6.45) is 5.25. The number of nitrogens with one attached hydrogen (secondary N) is 1. The van der Waals surface area contributed by atoms with Crippen LogP contribution in [0, 0.1) is 12.5 Å². The second kappa shape index (κ2) is 5.30. The van der Waals surface area contributed by atoms with Crippen molar-refractivity contribution in [1.29, 1.82) is 0 Å². The smallest absolute Gasteiger partial charge is 0.303 e. The van der Waals surface area contributed by atoms with Gasteiger partial charge in [0.1, 0.15) is 0 Å². The molecule has 0 aromatic carbocycles. The maximum atomic E-state index is 10.6. The van der Waals surface area contributed by atoms with E-state index < -0.39 is 5.97 Å². The minimum absolute atomic E-state index is 0.00199. The lowest BCUT2D eigenvalue weighted by atomic mass is 10.2. The Kier molecular flexibility index (Phi) is 4.58. The van der Waals surface area contributed by atoms with Gasteiger partial charge >= 0.3 is 5.97 Å². The van der Waals surface area contributed by atoms with Gasteiger partial charge in [0.25, 0.3) is 0 Å². The summed E-state index contributed by atoms with van der Waals surface area (Å²) in [5.74, 6) is -1.22. The Labute approximate surface area is 64.6 Å². The van der Waals surface area contributed by atoms with Crippen LogP contribution in [0.1, 0.15) is 19.3 Å². The number of carbonyl (C=O) groups excluding carboxylic acids is 1. The first-order valence-corrected chi connectivity index (χ1v) is 3.13. The molecule has 0 saturated carbocycles.